The molecular weight excluding hydrogens is 248 g/mol. The van der Waals surface area contributed by atoms with Crippen molar-refractivity contribution in [2.45, 2.75) is 77.4 Å². The third-order valence-electron chi connectivity index (χ3n) is 3.18. The predicted octanol–water partition coefficient (Wildman–Crippen LogP) is 4.53. The Balaban J connectivity index is 3.22. The molecule has 2 heteroatoms. The summed E-state index contributed by atoms with van der Waals surface area (Å²) in [6, 6.07) is 0. The number of hydrogen-bond donors (Lipinski definition) is 0. The third-order valence-corrected chi connectivity index (χ3v) is 3.18. The zero-order valence-corrected chi connectivity index (χ0v) is 13.5. The highest BCUT2D eigenvalue weighted by atomic mass is 16.7. The topological polar surface area (TPSA) is 18.5 Å². The maximum absolute atomic E-state index is 5.16. The first-order chi connectivity index (χ1) is 9.85. The number of ether oxygens (including phenoxy) is 2. The van der Waals surface area contributed by atoms with Crippen molar-refractivity contribution in [3.8, 4) is 23.7 Å². The Bertz CT molecular complexity index is 310. The summed E-state index contributed by atoms with van der Waals surface area (Å²) in [6.45, 7) is 2.04. The van der Waals surface area contributed by atoms with Gasteiger partial charge in [-0.3, -0.25) is 0 Å². The second-order valence-electron chi connectivity index (χ2n) is 4.87. The SMILES string of the molecule is CCC#CC#CCCCCCCCCCC(OC)OC. The van der Waals surface area contributed by atoms with Crippen molar-refractivity contribution in [3.63, 3.8) is 0 Å². The van der Waals surface area contributed by atoms with Gasteiger partial charge in [0.2, 0.25) is 0 Å². The highest BCUT2D eigenvalue weighted by molar-refractivity contribution is 5.25. The molecule has 0 N–H and O–H groups in total. The van der Waals surface area contributed by atoms with Crippen LogP contribution in [0.25, 0.3) is 0 Å². The van der Waals surface area contributed by atoms with Crippen LogP contribution >= 0.6 is 0 Å². The molecule has 0 spiro atoms. The molecule has 2 nitrogen and oxygen atoms in total. The van der Waals surface area contributed by atoms with Gasteiger partial charge in [-0.25, -0.2) is 0 Å². The summed E-state index contributed by atoms with van der Waals surface area (Å²) in [7, 11) is 3.40. The minimum Gasteiger partial charge on any atom is -0.356 e. The Kier molecular flexibility index (Phi) is 15.3. The summed E-state index contributed by atoms with van der Waals surface area (Å²) in [4.78, 5) is 0. The minimum absolute atomic E-state index is 0.0237. The van der Waals surface area contributed by atoms with E-state index < -0.39 is 0 Å². The van der Waals surface area contributed by atoms with Gasteiger partial charge in [0.25, 0.3) is 0 Å². The molecule has 114 valence electrons. The third kappa shape index (κ3) is 13.5. The van der Waals surface area contributed by atoms with Crippen molar-refractivity contribution < 1.29 is 9.47 Å². The van der Waals surface area contributed by atoms with Crippen LogP contribution in [0.3, 0.4) is 0 Å². The Morgan fingerprint density at radius 3 is 1.90 bits per heavy atom. The van der Waals surface area contributed by atoms with Crippen LogP contribution < -0.4 is 0 Å². The van der Waals surface area contributed by atoms with E-state index in [4.69, 9.17) is 9.47 Å². The predicted molar refractivity (Wildman–Crippen MR) is 85.2 cm³/mol. The number of hydrogen-bond acceptors (Lipinski definition) is 2. The monoisotopic (exact) mass is 278 g/mol. The van der Waals surface area contributed by atoms with Crippen molar-refractivity contribution >= 4 is 0 Å². The fourth-order valence-corrected chi connectivity index (χ4v) is 1.98. The average Bonchev–Trinajstić information content (AvgIpc) is 2.48. The highest BCUT2D eigenvalue weighted by Crippen LogP contribution is 2.11. The van der Waals surface area contributed by atoms with Crippen molar-refractivity contribution in [2.75, 3.05) is 14.2 Å². The van der Waals surface area contributed by atoms with Crippen LogP contribution in [0.1, 0.15) is 71.1 Å². The lowest BCUT2D eigenvalue weighted by atomic mass is 10.1. The molecule has 0 aromatic carbocycles. The van der Waals surface area contributed by atoms with Crippen LogP contribution in [0.15, 0.2) is 0 Å². The molecule has 0 aliphatic carbocycles. The van der Waals surface area contributed by atoms with Gasteiger partial charge in [-0.1, -0.05) is 50.9 Å². The summed E-state index contributed by atoms with van der Waals surface area (Å²) in [5, 5.41) is 0. The quantitative estimate of drug-likeness (QED) is 0.314. The summed E-state index contributed by atoms with van der Waals surface area (Å²) >= 11 is 0. The number of rotatable bonds is 11. The first-order valence-electron chi connectivity index (χ1n) is 7.86. The van der Waals surface area contributed by atoms with Crippen molar-refractivity contribution in [3.05, 3.63) is 0 Å². The van der Waals surface area contributed by atoms with E-state index in [9.17, 15) is 0 Å². The second kappa shape index (κ2) is 16.1. The van der Waals surface area contributed by atoms with Gasteiger partial charge in [-0.2, -0.15) is 0 Å². The van der Waals surface area contributed by atoms with Crippen molar-refractivity contribution in [1.29, 1.82) is 0 Å². The van der Waals surface area contributed by atoms with E-state index in [1.807, 2.05) is 6.92 Å². The first kappa shape index (κ1) is 19.0. The molecule has 0 saturated heterocycles. The van der Waals surface area contributed by atoms with Crippen molar-refractivity contribution in [2.24, 2.45) is 0 Å². The fraction of sp³-hybridized carbons (Fsp3) is 0.778. The lowest BCUT2D eigenvalue weighted by Crippen LogP contribution is -2.12. The summed E-state index contributed by atoms with van der Waals surface area (Å²) < 4.78 is 10.3. The van der Waals surface area contributed by atoms with E-state index in [0.29, 0.717) is 0 Å². The number of unbranched alkanes of at least 4 members (excludes halogenated alkanes) is 7. The van der Waals surface area contributed by atoms with E-state index in [2.05, 4.69) is 23.7 Å². The maximum atomic E-state index is 5.16. The Morgan fingerprint density at radius 1 is 0.750 bits per heavy atom. The van der Waals surface area contributed by atoms with E-state index in [1.165, 1.54) is 44.9 Å². The fourth-order valence-electron chi connectivity index (χ4n) is 1.98. The summed E-state index contributed by atoms with van der Waals surface area (Å²) in [5.74, 6) is 11.8. The van der Waals surface area contributed by atoms with Crippen LogP contribution in [-0.2, 0) is 9.47 Å². The van der Waals surface area contributed by atoms with E-state index >= 15 is 0 Å². The molecule has 0 saturated carbocycles. The lowest BCUT2D eigenvalue weighted by Gasteiger charge is -2.12. The summed E-state index contributed by atoms with van der Waals surface area (Å²) in [5.41, 5.74) is 0. The standard InChI is InChI=1S/C18H30O2/c1-4-5-6-7-8-9-10-11-12-13-14-15-16-17-18(19-2)20-3/h18H,4,9-17H2,1-3H3. The van der Waals surface area contributed by atoms with Gasteiger partial charge in [0.05, 0.1) is 0 Å². The van der Waals surface area contributed by atoms with Crippen LogP contribution in [-0.4, -0.2) is 20.5 Å². The molecule has 0 amide bonds. The lowest BCUT2D eigenvalue weighted by molar-refractivity contribution is -0.107. The van der Waals surface area contributed by atoms with Gasteiger partial charge in [0.1, 0.15) is 0 Å². The smallest absolute Gasteiger partial charge is 0.156 e. The Morgan fingerprint density at radius 2 is 1.30 bits per heavy atom. The van der Waals surface area contributed by atoms with E-state index in [-0.39, 0.29) is 6.29 Å². The Labute approximate surface area is 125 Å². The first-order valence-corrected chi connectivity index (χ1v) is 7.86. The van der Waals surface area contributed by atoms with Crippen molar-refractivity contribution in [1.82, 2.24) is 0 Å². The van der Waals surface area contributed by atoms with E-state index in [1.54, 1.807) is 14.2 Å². The molecule has 0 atom stereocenters. The molecule has 0 rings (SSSR count). The molecule has 20 heavy (non-hydrogen) atoms. The van der Waals surface area contributed by atoms with Gasteiger partial charge in [0.15, 0.2) is 6.29 Å². The molecular formula is C18H30O2. The van der Waals surface area contributed by atoms with Gasteiger partial charge in [-0.15, -0.1) is 0 Å². The molecule has 0 heterocycles. The molecule has 0 aromatic heterocycles. The van der Waals surface area contributed by atoms with Gasteiger partial charge in [0, 0.05) is 27.1 Å². The minimum atomic E-state index is -0.0237. The van der Waals surface area contributed by atoms with Crippen LogP contribution in [0.4, 0.5) is 0 Å². The highest BCUT2D eigenvalue weighted by Gasteiger charge is 2.03. The zero-order chi connectivity index (χ0) is 14.9. The van der Waals surface area contributed by atoms with Crippen LogP contribution in [0.2, 0.25) is 0 Å². The molecule has 0 aromatic rings. The van der Waals surface area contributed by atoms with Gasteiger partial charge >= 0.3 is 0 Å². The average molecular weight is 278 g/mol. The molecule has 0 unspecified atom stereocenters. The Hall–Kier alpha value is -0.960. The molecule has 0 aliphatic rings. The molecule has 0 aliphatic heterocycles. The molecule has 0 fully saturated rings. The van der Waals surface area contributed by atoms with Crippen LogP contribution in [0.5, 0.6) is 0 Å². The zero-order valence-electron chi connectivity index (χ0n) is 13.5. The summed E-state index contributed by atoms with van der Waals surface area (Å²) in [6.07, 6.45) is 11.8. The molecule has 0 bridgehead atoms. The largest absolute Gasteiger partial charge is 0.356 e. The van der Waals surface area contributed by atoms with E-state index in [0.717, 1.165) is 19.3 Å². The van der Waals surface area contributed by atoms with Gasteiger partial charge in [-0.05, 0) is 31.1 Å². The maximum Gasteiger partial charge on any atom is 0.156 e. The number of methoxy groups -OCH3 is 2. The normalized spacial score (nSPS) is 9.80. The second-order valence-corrected chi connectivity index (χ2v) is 4.87. The molecule has 0 radical (unpaired) electrons. The van der Waals surface area contributed by atoms with Crippen LogP contribution in [0, 0.1) is 23.7 Å². The van der Waals surface area contributed by atoms with Gasteiger partial charge < -0.3 is 9.47 Å².